The van der Waals surface area contributed by atoms with E-state index in [1.165, 1.54) is 14.7 Å². The fourth-order valence-electron chi connectivity index (χ4n) is 7.19. The van der Waals surface area contributed by atoms with E-state index in [4.69, 9.17) is 29.8 Å². The monoisotopic (exact) mass is 1300 g/mol. The van der Waals surface area contributed by atoms with Crippen LogP contribution in [0.1, 0.15) is 76.2 Å². The van der Waals surface area contributed by atoms with Crippen LogP contribution in [0.25, 0.3) is 0 Å². The van der Waals surface area contributed by atoms with Crippen molar-refractivity contribution in [1.82, 2.24) is 36.0 Å². The van der Waals surface area contributed by atoms with Gasteiger partial charge in [0.05, 0.1) is 44.1 Å². The summed E-state index contributed by atoms with van der Waals surface area (Å²) in [6.07, 6.45) is -14.8. The van der Waals surface area contributed by atoms with Crippen LogP contribution in [-0.2, 0) is 55.6 Å². The summed E-state index contributed by atoms with van der Waals surface area (Å²) in [6, 6.07) is 9.37. The van der Waals surface area contributed by atoms with Crippen LogP contribution in [0.4, 0.5) is 45.5 Å². The van der Waals surface area contributed by atoms with Gasteiger partial charge in [0.25, 0.3) is 0 Å². The van der Waals surface area contributed by atoms with Gasteiger partial charge in [-0.1, -0.05) is 30.3 Å². The van der Waals surface area contributed by atoms with Gasteiger partial charge in [0, 0.05) is 104 Å². The molecule has 31 heteroatoms. The van der Waals surface area contributed by atoms with Crippen LogP contribution < -0.4 is 27.0 Å². The zero-order chi connectivity index (χ0) is 60.0. The zero-order valence-corrected chi connectivity index (χ0v) is 50.0. The van der Waals surface area contributed by atoms with Crippen molar-refractivity contribution in [3.63, 3.8) is 0 Å². The number of carbonyl (C=O) groups excluding carboxylic acids is 6. The van der Waals surface area contributed by atoms with Gasteiger partial charge in [0.2, 0.25) is 0 Å². The molecule has 5 rings (SSSR count). The van der Waals surface area contributed by atoms with Gasteiger partial charge in [-0.05, 0) is 81.3 Å². The number of ether oxygens (including phenoxy) is 4. The predicted octanol–water partition coefficient (Wildman–Crippen LogP) is 3.57. The molecule has 0 spiro atoms. The van der Waals surface area contributed by atoms with Crippen molar-refractivity contribution in [1.29, 1.82) is 0 Å². The van der Waals surface area contributed by atoms with Crippen molar-refractivity contribution in [3.05, 3.63) is 43.3 Å². The van der Waals surface area contributed by atoms with E-state index in [1.807, 2.05) is 51.1 Å². The fraction of sp³-hybridized carbons (Fsp3) is 0.740. The molecule has 4 heterocycles. The third-order valence-electron chi connectivity index (χ3n) is 11.1. The maximum Gasteiger partial charge on any atom is 0.471 e. The number of amides is 6. The number of β-amino-alcohol motifs (C(OH)–C–C–N with tert-alkyl or cyclic N) is 4. The average molecular weight is 1300 g/mol. The minimum absolute atomic E-state index is 0. The van der Waals surface area contributed by atoms with Gasteiger partial charge in [-0.3, -0.25) is 9.59 Å². The standard InChI is InChI=1S/C18H26N2O5.C12H19F3N2O4.C10H20N2O3.C7H11F3N2O2.C2H6O.CH3.ClH.Pd.H2/c1-18(2,3)25-17(23)20-10-14(15(21)11-20)9-19-16(22)24-12-13-7-5-4-6-8-13;1-11(2,3)21-10(20)17-5-7(8(18)6-17)4-16-9(19)12(13,14)15;1-10(2,3)15-9(14)12-5-7(4-11)8(13)6-12;8-7(9,10)6(14)12-2-4-1-11-3-5(4)13;1-2-3;;;;/h4-8,14-15,21H,9-12H2,1-3H3,(H,19,22);7-8,18H,4-6H2,1-3H3,(H,16,19);7-8,13H,4-6,11H2,1-3H3;4-5,11,13H,1-3H2,(H,12,14);3H,2H2,1H3;1H3;1H;;1H/q;;;;;-1;;;. The Labute approximate surface area is 491 Å². The molecule has 4 aliphatic rings. The Bertz CT molecular complexity index is 2030. The van der Waals surface area contributed by atoms with Gasteiger partial charge in [0.15, 0.2) is 0 Å². The number of rotatable bonds is 9. The second kappa shape index (κ2) is 36.9. The normalized spacial score (nSPS) is 22.2. The van der Waals surface area contributed by atoms with E-state index < -0.39 is 89.6 Å². The van der Waals surface area contributed by atoms with Crippen LogP contribution in [0, 0.1) is 31.1 Å². The Hall–Kier alpha value is -4.51. The smallest absolute Gasteiger partial charge is 0.445 e. The van der Waals surface area contributed by atoms with Crippen LogP contribution in [-0.4, -0.2) is 215 Å². The van der Waals surface area contributed by atoms with E-state index in [0.717, 1.165) is 5.56 Å². The molecule has 0 aromatic heterocycles. The summed E-state index contributed by atoms with van der Waals surface area (Å²) in [7, 11) is 0. The van der Waals surface area contributed by atoms with Crippen LogP contribution in [0.15, 0.2) is 30.3 Å². The van der Waals surface area contributed by atoms with E-state index >= 15 is 0 Å². The summed E-state index contributed by atoms with van der Waals surface area (Å²) < 4.78 is 92.1. The van der Waals surface area contributed by atoms with Gasteiger partial charge >= 0.3 is 48.5 Å². The Balaban J connectivity index is -0.000000490. The number of likely N-dealkylation sites (tertiary alicyclic amines) is 3. The van der Waals surface area contributed by atoms with Crippen LogP contribution in [0.3, 0.4) is 0 Å². The number of aliphatic hydroxyl groups excluding tert-OH is 5. The van der Waals surface area contributed by atoms with Crippen molar-refractivity contribution in [2.24, 2.45) is 29.4 Å². The summed E-state index contributed by atoms with van der Waals surface area (Å²) in [5.41, 5.74) is 4.59. The Kier molecular flexibility index (Phi) is 36.8. The Morgan fingerprint density at radius 1 is 0.593 bits per heavy atom. The van der Waals surface area contributed by atoms with Gasteiger partial charge in [-0.15, -0.1) is 12.4 Å². The molecule has 8 unspecified atom stereocenters. The van der Waals surface area contributed by atoms with E-state index in [-0.39, 0.29) is 118 Å². The van der Waals surface area contributed by atoms with Crippen LogP contribution in [0.2, 0.25) is 0 Å². The van der Waals surface area contributed by atoms with Crippen molar-refractivity contribution < 1.29 is 121 Å². The Morgan fingerprint density at radius 2 is 0.926 bits per heavy atom. The molecule has 0 saturated carbocycles. The predicted molar refractivity (Wildman–Crippen MR) is 285 cm³/mol. The number of carbonyl (C=O) groups is 6. The molecule has 478 valence electrons. The number of nitrogens with zero attached hydrogens (tertiary/aromatic N) is 3. The molecule has 4 fully saturated rings. The molecule has 11 N–H and O–H groups in total. The molecule has 0 bridgehead atoms. The second-order valence-corrected chi connectivity index (χ2v) is 21.5. The maximum atomic E-state index is 12.1. The number of aliphatic hydroxyl groups is 5. The molecule has 1 aromatic rings. The summed E-state index contributed by atoms with van der Waals surface area (Å²) in [5, 5.41) is 55.0. The third-order valence-corrected chi connectivity index (χ3v) is 11.1. The minimum atomic E-state index is -4.96. The third kappa shape index (κ3) is 33.4. The Morgan fingerprint density at radius 3 is 1.23 bits per heavy atom. The number of hydrogen-bond donors (Lipinski definition) is 10. The molecule has 4 saturated heterocycles. The largest absolute Gasteiger partial charge is 0.471 e. The summed E-state index contributed by atoms with van der Waals surface area (Å²) in [5.74, 6) is -5.32. The first-order chi connectivity index (χ1) is 35.8. The summed E-state index contributed by atoms with van der Waals surface area (Å²) in [6.45, 7) is 20.1. The van der Waals surface area contributed by atoms with E-state index in [9.17, 15) is 75.5 Å². The number of nitrogens with two attached hydrogens (primary N) is 1. The number of nitrogens with one attached hydrogen (secondary N) is 4. The number of alkyl halides is 6. The van der Waals surface area contributed by atoms with Crippen LogP contribution in [0.5, 0.6) is 0 Å². The zero-order valence-electron chi connectivity index (χ0n) is 47.6. The molecular weight excluding hydrogens is 1210 g/mol. The molecule has 1 aromatic carbocycles. The molecular formula is C50H88ClF6N8O15Pd-. The number of halogens is 7. The fourth-order valence-corrected chi connectivity index (χ4v) is 7.19. The molecule has 4 aliphatic heterocycles. The number of hydrogen-bond acceptors (Lipinski definition) is 17. The average Bonchev–Trinajstić information content (AvgIpc) is 4.10. The summed E-state index contributed by atoms with van der Waals surface area (Å²) in [4.78, 5) is 72.5. The summed E-state index contributed by atoms with van der Waals surface area (Å²) >= 11 is 0. The van der Waals surface area contributed by atoms with E-state index in [1.54, 1.807) is 59.1 Å². The minimum Gasteiger partial charge on any atom is -0.445 e. The molecule has 8 atom stereocenters. The molecule has 0 aliphatic carbocycles. The van der Waals surface area contributed by atoms with E-state index in [0.29, 0.717) is 39.3 Å². The van der Waals surface area contributed by atoms with Crippen molar-refractivity contribution in [2.75, 3.05) is 85.1 Å². The van der Waals surface area contributed by atoms with Crippen molar-refractivity contribution in [2.45, 2.75) is 129 Å². The number of benzene rings is 1. The van der Waals surface area contributed by atoms with E-state index in [2.05, 4.69) is 10.6 Å². The van der Waals surface area contributed by atoms with Gasteiger partial charge < -0.3 is 93.6 Å². The molecule has 0 radical (unpaired) electrons. The first-order valence-corrected chi connectivity index (χ1v) is 25.1. The van der Waals surface area contributed by atoms with Crippen molar-refractivity contribution in [3.8, 4) is 0 Å². The van der Waals surface area contributed by atoms with Gasteiger partial charge in [0.1, 0.15) is 23.4 Å². The van der Waals surface area contributed by atoms with Crippen molar-refractivity contribution >= 4 is 48.6 Å². The van der Waals surface area contributed by atoms with Crippen LogP contribution >= 0.6 is 12.4 Å². The van der Waals surface area contributed by atoms with Gasteiger partial charge in [-0.25, -0.2) is 19.2 Å². The number of alkyl carbamates (subject to hydrolysis) is 1. The first kappa shape index (κ1) is 80.7. The topological polar surface area (TPSA) is 324 Å². The molecule has 6 amide bonds. The quantitative estimate of drug-likeness (QED) is 0.0731. The molecule has 23 nitrogen and oxygen atoms in total. The maximum absolute atomic E-state index is 12.1. The van der Waals surface area contributed by atoms with Gasteiger partial charge in [-0.2, -0.15) is 26.3 Å². The first-order valence-electron chi connectivity index (χ1n) is 25.1. The second-order valence-electron chi connectivity index (χ2n) is 21.5. The SMILES string of the molecule is CC(C)(C)OC(=O)N1CC(O)C(CN)C1.CC(C)(C)OC(=O)N1CC(O)C(CNC(=O)C(F)(F)F)C1.CC(C)(C)OC(=O)N1CC(O)C(CNC(=O)OCc2ccccc2)C1.CCO.Cl.O=C(NCC1CNCC1O)C(F)(F)F.[CH3-].[HH].[Pd]. The molecule has 81 heavy (non-hydrogen) atoms.